The van der Waals surface area contributed by atoms with E-state index in [4.69, 9.17) is 9.47 Å². The van der Waals surface area contributed by atoms with Gasteiger partial charge in [0.1, 0.15) is 12.7 Å². The summed E-state index contributed by atoms with van der Waals surface area (Å²) in [6.45, 7) is 1.08. The maximum Gasteiger partial charge on any atom is 0.338 e. The van der Waals surface area contributed by atoms with Crippen LogP contribution >= 0.6 is 0 Å². The highest BCUT2D eigenvalue weighted by Crippen LogP contribution is 2.10. The summed E-state index contributed by atoms with van der Waals surface area (Å²) in [5, 5.41) is 0. The highest BCUT2D eigenvalue weighted by Gasteiger charge is 2.24. The average molecular weight is 178 g/mol. The van der Waals surface area contributed by atoms with E-state index in [2.05, 4.69) is 0 Å². The van der Waals surface area contributed by atoms with E-state index in [1.165, 1.54) is 0 Å². The lowest BCUT2D eigenvalue weighted by atomic mass is 10.2. The minimum absolute atomic E-state index is 0.132. The smallest absolute Gasteiger partial charge is 0.338 e. The molecule has 68 valence electrons. The van der Waals surface area contributed by atoms with Gasteiger partial charge in [0.15, 0.2) is 0 Å². The molecule has 1 aromatic carbocycles. The van der Waals surface area contributed by atoms with Crippen molar-refractivity contribution in [3.8, 4) is 0 Å². The van der Waals surface area contributed by atoms with Crippen LogP contribution in [0.15, 0.2) is 30.3 Å². The van der Waals surface area contributed by atoms with Gasteiger partial charge in [0.25, 0.3) is 0 Å². The average Bonchev–Trinajstić information content (AvgIpc) is 2.99. The van der Waals surface area contributed by atoms with Gasteiger partial charge in [-0.3, -0.25) is 0 Å². The molecular formula is C10H10O3. The quantitative estimate of drug-likeness (QED) is 0.516. The lowest BCUT2D eigenvalue weighted by molar-refractivity contribution is 0.0476. The first-order valence-corrected chi connectivity index (χ1v) is 4.20. The molecular weight excluding hydrogens is 168 g/mol. The molecule has 1 aromatic rings. The first-order chi connectivity index (χ1) is 6.36. The molecule has 0 spiro atoms. The zero-order chi connectivity index (χ0) is 9.10. The molecule has 0 aromatic heterocycles. The predicted molar refractivity (Wildman–Crippen MR) is 46.5 cm³/mol. The molecule has 1 saturated heterocycles. The van der Waals surface area contributed by atoms with E-state index in [0.29, 0.717) is 18.8 Å². The number of esters is 1. The second-order valence-electron chi connectivity index (χ2n) is 2.92. The Bertz CT molecular complexity index is 290. The van der Waals surface area contributed by atoms with Crippen molar-refractivity contribution in [1.29, 1.82) is 0 Å². The fourth-order valence-corrected chi connectivity index (χ4v) is 0.990. The molecule has 0 amide bonds. The summed E-state index contributed by atoms with van der Waals surface area (Å²) < 4.78 is 9.91. The van der Waals surface area contributed by atoms with Gasteiger partial charge in [0.05, 0.1) is 12.2 Å². The Kier molecular flexibility index (Phi) is 2.27. The minimum atomic E-state index is -0.281. The van der Waals surface area contributed by atoms with Crippen LogP contribution in [0.3, 0.4) is 0 Å². The van der Waals surface area contributed by atoms with Gasteiger partial charge in [0.2, 0.25) is 0 Å². The van der Waals surface area contributed by atoms with Crippen LogP contribution in [0.1, 0.15) is 10.4 Å². The molecule has 1 aliphatic rings. The van der Waals surface area contributed by atoms with E-state index in [-0.39, 0.29) is 12.1 Å². The van der Waals surface area contributed by atoms with Crippen LogP contribution in [-0.4, -0.2) is 25.3 Å². The van der Waals surface area contributed by atoms with E-state index in [1.54, 1.807) is 12.1 Å². The molecule has 0 unspecified atom stereocenters. The summed E-state index contributed by atoms with van der Waals surface area (Å²) in [4.78, 5) is 11.3. The van der Waals surface area contributed by atoms with Crippen molar-refractivity contribution >= 4 is 5.97 Å². The number of ether oxygens (including phenoxy) is 2. The van der Waals surface area contributed by atoms with Crippen LogP contribution in [0.4, 0.5) is 0 Å². The van der Waals surface area contributed by atoms with Crippen LogP contribution < -0.4 is 0 Å². The Balaban J connectivity index is 1.89. The molecule has 1 aliphatic heterocycles. The van der Waals surface area contributed by atoms with Gasteiger partial charge in [-0.2, -0.15) is 0 Å². The predicted octanol–water partition coefficient (Wildman–Crippen LogP) is 1.24. The molecule has 0 radical (unpaired) electrons. The lowest BCUT2D eigenvalue weighted by Gasteiger charge is -2.01. The number of carbonyl (C=O) groups is 1. The maximum atomic E-state index is 11.3. The van der Waals surface area contributed by atoms with Gasteiger partial charge in [-0.25, -0.2) is 4.79 Å². The minimum Gasteiger partial charge on any atom is -0.459 e. The van der Waals surface area contributed by atoms with Crippen molar-refractivity contribution in [2.75, 3.05) is 13.2 Å². The highest BCUT2D eigenvalue weighted by atomic mass is 16.6. The number of carbonyl (C=O) groups excluding carboxylic acids is 1. The summed E-state index contributed by atoms with van der Waals surface area (Å²) in [5.41, 5.74) is 0.586. The van der Waals surface area contributed by atoms with Crippen LogP contribution in [0.25, 0.3) is 0 Å². The van der Waals surface area contributed by atoms with E-state index in [1.807, 2.05) is 18.2 Å². The van der Waals surface area contributed by atoms with Crippen LogP contribution in [0, 0.1) is 0 Å². The standard InChI is InChI=1S/C10H10O3/c11-10(13-7-9-6-12-9)8-4-2-1-3-5-8/h1-5,9H,6-7H2/t9-/m1/s1. The molecule has 0 bridgehead atoms. The van der Waals surface area contributed by atoms with Gasteiger partial charge in [-0.1, -0.05) is 18.2 Å². The largest absolute Gasteiger partial charge is 0.459 e. The van der Waals surface area contributed by atoms with Crippen molar-refractivity contribution < 1.29 is 14.3 Å². The molecule has 3 heteroatoms. The molecule has 0 aliphatic carbocycles. The van der Waals surface area contributed by atoms with Gasteiger partial charge in [0, 0.05) is 0 Å². The second-order valence-corrected chi connectivity index (χ2v) is 2.92. The maximum absolute atomic E-state index is 11.3. The SMILES string of the molecule is O=C(OC[C@H]1CO1)c1ccccc1. The van der Waals surface area contributed by atoms with Crippen molar-refractivity contribution in [2.24, 2.45) is 0 Å². The molecule has 1 heterocycles. The molecule has 3 nitrogen and oxygen atoms in total. The van der Waals surface area contributed by atoms with Crippen LogP contribution in [-0.2, 0) is 9.47 Å². The summed E-state index contributed by atoms with van der Waals surface area (Å²) in [5.74, 6) is -0.281. The molecule has 1 fully saturated rings. The first-order valence-electron chi connectivity index (χ1n) is 4.20. The second kappa shape index (κ2) is 3.58. The van der Waals surface area contributed by atoms with Crippen molar-refractivity contribution in [3.05, 3.63) is 35.9 Å². The van der Waals surface area contributed by atoms with Gasteiger partial charge < -0.3 is 9.47 Å². The van der Waals surface area contributed by atoms with Crippen molar-refractivity contribution in [1.82, 2.24) is 0 Å². The van der Waals surface area contributed by atoms with E-state index in [0.717, 1.165) is 0 Å². The third-order valence-electron chi connectivity index (χ3n) is 1.81. The Labute approximate surface area is 76.3 Å². The zero-order valence-corrected chi connectivity index (χ0v) is 7.10. The summed E-state index contributed by atoms with van der Waals surface area (Å²) in [7, 11) is 0. The number of epoxide rings is 1. The fraction of sp³-hybridized carbons (Fsp3) is 0.300. The zero-order valence-electron chi connectivity index (χ0n) is 7.10. The Morgan fingerprint density at radius 3 is 2.77 bits per heavy atom. The van der Waals surface area contributed by atoms with Gasteiger partial charge in [-0.15, -0.1) is 0 Å². The number of benzene rings is 1. The third-order valence-corrected chi connectivity index (χ3v) is 1.81. The van der Waals surface area contributed by atoms with Crippen molar-refractivity contribution in [2.45, 2.75) is 6.10 Å². The van der Waals surface area contributed by atoms with Gasteiger partial charge in [-0.05, 0) is 12.1 Å². The van der Waals surface area contributed by atoms with Crippen LogP contribution in [0.5, 0.6) is 0 Å². The molecule has 1 atom stereocenters. The Morgan fingerprint density at radius 2 is 2.15 bits per heavy atom. The van der Waals surface area contributed by atoms with Crippen molar-refractivity contribution in [3.63, 3.8) is 0 Å². The summed E-state index contributed by atoms with van der Waals surface area (Å²) in [6.07, 6.45) is 0.132. The molecule has 0 saturated carbocycles. The topological polar surface area (TPSA) is 38.8 Å². The third kappa shape index (κ3) is 2.29. The summed E-state index contributed by atoms with van der Waals surface area (Å²) >= 11 is 0. The first kappa shape index (κ1) is 8.26. The van der Waals surface area contributed by atoms with Crippen LogP contribution in [0.2, 0.25) is 0 Å². The number of hydrogen-bond acceptors (Lipinski definition) is 3. The molecule has 0 N–H and O–H groups in total. The number of hydrogen-bond donors (Lipinski definition) is 0. The van der Waals surface area contributed by atoms with E-state index < -0.39 is 0 Å². The Hall–Kier alpha value is -1.35. The normalized spacial score (nSPS) is 19.5. The Morgan fingerprint density at radius 1 is 1.46 bits per heavy atom. The molecule has 13 heavy (non-hydrogen) atoms. The van der Waals surface area contributed by atoms with E-state index >= 15 is 0 Å². The monoisotopic (exact) mass is 178 g/mol. The fourth-order valence-electron chi connectivity index (χ4n) is 0.990. The van der Waals surface area contributed by atoms with E-state index in [9.17, 15) is 4.79 Å². The summed E-state index contributed by atoms with van der Waals surface area (Å²) in [6, 6.07) is 8.95. The highest BCUT2D eigenvalue weighted by molar-refractivity contribution is 5.89. The van der Waals surface area contributed by atoms with Gasteiger partial charge >= 0.3 is 5.97 Å². The lowest BCUT2D eigenvalue weighted by Crippen LogP contribution is -2.09. The number of rotatable bonds is 3. The molecule has 2 rings (SSSR count).